The highest BCUT2D eigenvalue weighted by atomic mass is 16.5. The second-order valence-corrected chi connectivity index (χ2v) is 4.68. The molecule has 1 aliphatic rings. The largest absolute Gasteiger partial charge is 0.492 e. The zero-order valence-electron chi connectivity index (χ0n) is 10.2. The van der Waals surface area contributed by atoms with Crippen LogP contribution in [-0.4, -0.2) is 11.6 Å². The summed E-state index contributed by atoms with van der Waals surface area (Å²) < 4.78 is 11.5. The third-order valence-electron chi connectivity index (χ3n) is 3.43. The molecule has 2 N–H and O–H groups in total. The topological polar surface area (TPSA) is 61.3 Å². The molecule has 2 heterocycles. The van der Waals surface area contributed by atoms with Gasteiger partial charge in [-0.2, -0.15) is 0 Å². The van der Waals surface area contributed by atoms with Crippen molar-refractivity contribution < 1.29 is 9.15 Å². The van der Waals surface area contributed by atoms with E-state index in [4.69, 9.17) is 14.9 Å². The van der Waals surface area contributed by atoms with Crippen LogP contribution in [0.25, 0.3) is 11.1 Å². The third-order valence-corrected chi connectivity index (χ3v) is 3.43. The van der Waals surface area contributed by atoms with Gasteiger partial charge in [0.05, 0.1) is 5.92 Å². The highest BCUT2D eigenvalue weighted by molar-refractivity contribution is 5.76. The van der Waals surface area contributed by atoms with Crippen molar-refractivity contribution in [1.29, 1.82) is 0 Å². The third kappa shape index (κ3) is 1.57. The first-order valence-electron chi connectivity index (χ1n) is 6.19. The van der Waals surface area contributed by atoms with Crippen molar-refractivity contribution in [1.82, 2.24) is 4.98 Å². The van der Waals surface area contributed by atoms with E-state index in [9.17, 15) is 0 Å². The predicted octanol–water partition coefficient (Wildman–Crippen LogP) is 2.93. The molecule has 1 atom stereocenters. The number of anilines is 1. The summed E-state index contributed by atoms with van der Waals surface area (Å²) >= 11 is 0. The number of nitrogens with zero attached hydrogens (tertiary/aromatic N) is 1. The summed E-state index contributed by atoms with van der Waals surface area (Å²) in [5.74, 6) is 1.66. The maximum absolute atomic E-state index is 5.82. The van der Waals surface area contributed by atoms with Crippen molar-refractivity contribution in [2.45, 2.75) is 5.92 Å². The van der Waals surface area contributed by atoms with Crippen LogP contribution in [0, 0.1) is 0 Å². The summed E-state index contributed by atoms with van der Waals surface area (Å²) in [6.07, 6.45) is 0. The summed E-state index contributed by atoms with van der Waals surface area (Å²) in [4.78, 5) is 4.53. The van der Waals surface area contributed by atoms with Crippen LogP contribution in [0.15, 0.2) is 46.9 Å². The number of benzene rings is 2. The Bertz CT molecular complexity index is 764. The molecule has 19 heavy (non-hydrogen) atoms. The van der Waals surface area contributed by atoms with Crippen LogP contribution in [0.2, 0.25) is 0 Å². The SMILES string of the molecule is Nc1ccc2nc(C3COc4ccccc43)oc2c1. The normalized spacial score (nSPS) is 17.4. The molecule has 4 rings (SSSR count). The lowest BCUT2D eigenvalue weighted by atomic mass is 10.0. The van der Waals surface area contributed by atoms with Crippen LogP contribution in [0.1, 0.15) is 17.4 Å². The molecule has 3 aromatic rings. The fourth-order valence-corrected chi connectivity index (χ4v) is 2.48. The van der Waals surface area contributed by atoms with Gasteiger partial charge in [0.2, 0.25) is 5.89 Å². The molecule has 0 spiro atoms. The lowest BCUT2D eigenvalue weighted by Gasteiger charge is -2.02. The van der Waals surface area contributed by atoms with Crippen molar-refractivity contribution in [2.75, 3.05) is 12.3 Å². The first-order valence-corrected chi connectivity index (χ1v) is 6.19. The minimum absolute atomic E-state index is 0.0600. The number of hydrogen-bond acceptors (Lipinski definition) is 4. The fourth-order valence-electron chi connectivity index (χ4n) is 2.48. The first kappa shape index (κ1) is 10.4. The number of nitrogen functional groups attached to an aromatic ring is 1. The number of rotatable bonds is 1. The lowest BCUT2D eigenvalue weighted by molar-refractivity contribution is 0.327. The van der Waals surface area contributed by atoms with Crippen LogP contribution < -0.4 is 10.5 Å². The second kappa shape index (κ2) is 3.75. The van der Waals surface area contributed by atoms with E-state index >= 15 is 0 Å². The molecule has 2 aromatic carbocycles. The smallest absolute Gasteiger partial charge is 0.206 e. The Balaban J connectivity index is 1.83. The van der Waals surface area contributed by atoms with Gasteiger partial charge in [-0.25, -0.2) is 4.98 Å². The Morgan fingerprint density at radius 3 is 3.00 bits per heavy atom. The van der Waals surface area contributed by atoms with Crippen LogP contribution in [-0.2, 0) is 0 Å². The summed E-state index contributed by atoms with van der Waals surface area (Å²) in [5, 5.41) is 0. The standard InChI is InChI=1S/C15H12N2O2/c16-9-5-6-12-14(7-9)19-15(17-12)11-8-18-13-4-2-1-3-10(11)13/h1-7,11H,8,16H2. The molecule has 1 aromatic heterocycles. The van der Waals surface area contributed by atoms with E-state index in [0.717, 1.165) is 22.4 Å². The van der Waals surface area contributed by atoms with Crippen molar-refractivity contribution in [3.63, 3.8) is 0 Å². The van der Waals surface area contributed by atoms with Gasteiger partial charge in [-0.3, -0.25) is 0 Å². The molecule has 4 heteroatoms. The monoisotopic (exact) mass is 252 g/mol. The Morgan fingerprint density at radius 2 is 2.05 bits per heavy atom. The van der Waals surface area contributed by atoms with Crippen LogP contribution in [0.3, 0.4) is 0 Å². The maximum atomic E-state index is 5.82. The van der Waals surface area contributed by atoms with Crippen LogP contribution in [0.4, 0.5) is 5.69 Å². The van der Waals surface area contributed by atoms with E-state index in [2.05, 4.69) is 11.1 Å². The van der Waals surface area contributed by atoms with Crippen LogP contribution in [0.5, 0.6) is 5.75 Å². The molecule has 0 fully saturated rings. The minimum atomic E-state index is 0.0600. The number of ether oxygens (including phenoxy) is 1. The molecular weight excluding hydrogens is 240 g/mol. The zero-order chi connectivity index (χ0) is 12.8. The van der Waals surface area contributed by atoms with Gasteiger partial charge in [0.1, 0.15) is 17.9 Å². The van der Waals surface area contributed by atoms with E-state index in [-0.39, 0.29) is 5.92 Å². The van der Waals surface area contributed by atoms with Gasteiger partial charge in [-0.1, -0.05) is 18.2 Å². The Morgan fingerprint density at radius 1 is 1.16 bits per heavy atom. The van der Waals surface area contributed by atoms with Crippen molar-refractivity contribution in [3.8, 4) is 5.75 Å². The number of para-hydroxylation sites is 1. The Labute approximate surface area is 109 Å². The molecule has 0 radical (unpaired) electrons. The molecule has 0 bridgehead atoms. The maximum Gasteiger partial charge on any atom is 0.206 e. The average molecular weight is 252 g/mol. The number of aromatic nitrogens is 1. The summed E-state index contributed by atoms with van der Waals surface area (Å²) in [7, 11) is 0. The number of fused-ring (bicyclic) bond motifs is 2. The van der Waals surface area contributed by atoms with Crippen molar-refractivity contribution in [2.24, 2.45) is 0 Å². The molecular formula is C15H12N2O2. The van der Waals surface area contributed by atoms with Gasteiger partial charge in [-0.15, -0.1) is 0 Å². The van der Waals surface area contributed by atoms with E-state index in [1.807, 2.05) is 30.3 Å². The van der Waals surface area contributed by atoms with E-state index in [1.54, 1.807) is 6.07 Å². The quantitative estimate of drug-likeness (QED) is 0.676. The molecule has 1 aliphatic heterocycles. The Kier molecular flexibility index (Phi) is 2.06. The number of nitrogens with two attached hydrogens (primary N) is 1. The molecule has 94 valence electrons. The average Bonchev–Trinajstić information content (AvgIpc) is 3.00. The molecule has 0 aliphatic carbocycles. The molecule has 4 nitrogen and oxygen atoms in total. The van der Waals surface area contributed by atoms with Gasteiger partial charge >= 0.3 is 0 Å². The van der Waals surface area contributed by atoms with Crippen molar-refractivity contribution >= 4 is 16.8 Å². The fraction of sp³-hybridized carbons (Fsp3) is 0.133. The van der Waals surface area contributed by atoms with Crippen LogP contribution >= 0.6 is 0 Å². The molecule has 1 unspecified atom stereocenters. The summed E-state index contributed by atoms with van der Waals surface area (Å²) in [6, 6.07) is 13.5. The molecule has 0 saturated carbocycles. The Hall–Kier alpha value is -2.49. The second-order valence-electron chi connectivity index (χ2n) is 4.68. The molecule has 0 amide bonds. The minimum Gasteiger partial charge on any atom is -0.492 e. The summed E-state index contributed by atoms with van der Waals surface area (Å²) in [6.45, 7) is 0.571. The lowest BCUT2D eigenvalue weighted by Crippen LogP contribution is -2.02. The van der Waals surface area contributed by atoms with Gasteiger partial charge in [-0.05, 0) is 18.2 Å². The van der Waals surface area contributed by atoms with Gasteiger partial charge in [0, 0.05) is 17.3 Å². The van der Waals surface area contributed by atoms with Gasteiger partial charge < -0.3 is 14.9 Å². The highest BCUT2D eigenvalue weighted by Gasteiger charge is 2.29. The van der Waals surface area contributed by atoms with Gasteiger partial charge in [0.25, 0.3) is 0 Å². The predicted molar refractivity (Wildman–Crippen MR) is 72.2 cm³/mol. The molecule has 0 saturated heterocycles. The highest BCUT2D eigenvalue weighted by Crippen LogP contribution is 2.38. The summed E-state index contributed by atoms with van der Waals surface area (Å²) in [5.41, 5.74) is 9.11. The van der Waals surface area contributed by atoms with E-state index in [0.29, 0.717) is 18.2 Å². The van der Waals surface area contributed by atoms with E-state index < -0.39 is 0 Å². The first-order chi connectivity index (χ1) is 9.31. The van der Waals surface area contributed by atoms with Crippen molar-refractivity contribution in [3.05, 3.63) is 53.9 Å². The number of oxazole rings is 1. The zero-order valence-corrected chi connectivity index (χ0v) is 10.2. The van der Waals surface area contributed by atoms with Gasteiger partial charge in [0.15, 0.2) is 5.58 Å². The number of hydrogen-bond donors (Lipinski definition) is 1. The van der Waals surface area contributed by atoms with E-state index in [1.165, 1.54) is 0 Å².